The average Bonchev–Trinajstić information content (AvgIpc) is 2.72. The summed E-state index contributed by atoms with van der Waals surface area (Å²) >= 11 is 0. The van der Waals surface area contributed by atoms with E-state index in [0.29, 0.717) is 34.7 Å². The number of nitriles is 1. The van der Waals surface area contributed by atoms with Gasteiger partial charge in [-0.05, 0) is 17.7 Å². The number of rotatable bonds is 6. The first kappa shape index (κ1) is 18.5. The third-order valence-electron chi connectivity index (χ3n) is 3.98. The Morgan fingerprint density at radius 1 is 1.25 bits per heavy atom. The molecule has 0 bridgehead atoms. The molecule has 0 fully saturated rings. The van der Waals surface area contributed by atoms with Crippen LogP contribution in [0.3, 0.4) is 0 Å². The third-order valence-corrected chi connectivity index (χ3v) is 3.98. The van der Waals surface area contributed by atoms with Crippen LogP contribution < -0.4 is 11.1 Å². The second-order valence-corrected chi connectivity index (χ2v) is 5.81. The van der Waals surface area contributed by atoms with Gasteiger partial charge in [0, 0.05) is 30.5 Å². The van der Waals surface area contributed by atoms with Crippen LogP contribution in [0.2, 0.25) is 0 Å². The van der Waals surface area contributed by atoms with Crippen molar-refractivity contribution in [3.05, 3.63) is 75.3 Å². The number of nitro benzene ring substituents is 1. The molecule has 28 heavy (non-hydrogen) atoms. The molecule has 2 aromatic carbocycles. The molecule has 0 radical (unpaired) electrons. The van der Waals surface area contributed by atoms with Crippen LogP contribution in [-0.2, 0) is 6.54 Å². The van der Waals surface area contributed by atoms with E-state index in [2.05, 4.69) is 21.4 Å². The van der Waals surface area contributed by atoms with Gasteiger partial charge >= 0.3 is 0 Å². The van der Waals surface area contributed by atoms with Crippen molar-refractivity contribution in [1.82, 2.24) is 9.97 Å². The van der Waals surface area contributed by atoms with E-state index < -0.39 is 4.92 Å². The lowest BCUT2D eigenvalue weighted by Gasteiger charge is -2.13. The summed E-state index contributed by atoms with van der Waals surface area (Å²) in [6.07, 6.45) is 1.12. The van der Waals surface area contributed by atoms with E-state index in [4.69, 9.17) is 16.4 Å². The summed E-state index contributed by atoms with van der Waals surface area (Å²) in [6, 6.07) is 15.0. The van der Waals surface area contributed by atoms with Crippen LogP contribution in [0.1, 0.15) is 16.7 Å². The van der Waals surface area contributed by atoms with Crippen LogP contribution in [0, 0.1) is 26.9 Å². The number of anilines is 2. The van der Waals surface area contributed by atoms with Crippen molar-refractivity contribution in [2.75, 3.05) is 11.1 Å². The molecule has 4 N–H and O–H groups in total. The molecule has 0 aliphatic carbocycles. The van der Waals surface area contributed by atoms with Gasteiger partial charge in [0.05, 0.1) is 27.8 Å². The quantitative estimate of drug-likeness (QED) is 0.340. The lowest BCUT2D eigenvalue weighted by molar-refractivity contribution is -0.384. The maximum atomic E-state index is 10.7. The van der Waals surface area contributed by atoms with Crippen LogP contribution >= 0.6 is 0 Å². The number of nitrogens with two attached hydrogens (primary N) is 1. The number of hydrogen-bond donors (Lipinski definition) is 3. The molecule has 3 rings (SSSR count). The molecule has 0 atom stereocenters. The maximum absolute atomic E-state index is 10.7. The fourth-order valence-electron chi connectivity index (χ4n) is 2.64. The largest absolute Gasteiger partial charge is 0.368 e. The Morgan fingerprint density at radius 3 is 2.64 bits per heavy atom. The Bertz CT molecular complexity index is 1090. The topological polar surface area (TPSA) is 155 Å². The van der Waals surface area contributed by atoms with Crippen molar-refractivity contribution in [3.63, 3.8) is 0 Å². The van der Waals surface area contributed by atoms with Gasteiger partial charge in [-0.2, -0.15) is 10.2 Å². The molecule has 138 valence electrons. The van der Waals surface area contributed by atoms with Crippen molar-refractivity contribution in [1.29, 1.82) is 10.7 Å². The molecule has 1 aromatic heterocycles. The van der Waals surface area contributed by atoms with Crippen LogP contribution in [0.5, 0.6) is 0 Å². The lowest BCUT2D eigenvalue weighted by Crippen LogP contribution is -2.09. The van der Waals surface area contributed by atoms with Gasteiger partial charge in [-0.1, -0.05) is 24.3 Å². The molecule has 9 heteroatoms. The minimum atomic E-state index is -0.461. The van der Waals surface area contributed by atoms with E-state index >= 15 is 0 Å². The fraction of sp³-hybridized carbons (Fsp3) is 0.0526. The third kappa shape index (κ3) is 3.91. The first-order chi connectivity index (χ1) is 13.5. The Balaban J connectivity index is 1.93. The van der Waals surface area contributed by atoms with E-state index in [1.165, 1.54) is 12.1 Å². The van der Waals surface area contributed by atoms with Crippen LogP contribution in [0.4, 0.5) is 17.5 Å². The second kappa shape index (κ2) is 7.92. The van der Waals surface area contributed by atoms with Crippen molar-refractivity contribution >= 4 is 23.7 Å². The van der Waals surface area contributed by atoms with E-state index in [1.807, 2.05) is 0 Å². The highest BCUT2D eigenvalue weighted by Crippen LogP contribution is 2.27. The summed E-state index contributed by atoms with van der Waals surface area (Å²) in [4.78, 5) is 18.7. The molecule has 0 saturated carbocycles. The van der Waals surface area contributed by atoms with Crippen molar-refractivity contribution < 1.29 is 4.92 Å². The number of nitrogen functional groups attached to an aromatic ring is 1. The molecule has 0 spiro atoms. The Kier molecular flexibility index (Phi) is 5.23. The zero-order valence-electron chi connectivity index (χ0n) is 14.6. The van der Waals surface area contributed by atoms with Crippen LogP contribution in [-0.4, -0.2) is 21.1 Å². The number of aromatic nitrogens is 2. The van der Waals surface area contributed by atoms with Gasteiger partial charge in [0.15, 0.2) is 0 Å². The average molecular weight is 373 g/mol. The predicted octanol–water partition coefficient (Wildman–Crippen LogP) is 3.12. The molecule has 3 aromatic rings. The number of hydrogen-bond acceptors (Lipinski definition) is 8. The molecule has 0 saturated heterocycles. The summed E-state index contributed by atoms with van der Waals surface area (Å²) in [5.74, 6) is 0.382. The highest BCUT2D eigenvalue weighted by molar-refractivity contribution is 5.93. The van der Waals surface area contributed by atoms with Gasteiger partial charge in [-0.3, -0.25) is 10.1 Å². The van der Waals surface area contributed by atoms with Gasteiger partial charge in [0.1, 0.15) is 5.82 Å². The van der Waals surface area contributed by atoms with Crippen molar-refractivity contribution in [3.8, 4) is 17.3 Å². The minimum Gasteiger partial charge on any atom is -0.368 e. The van der Waals surface area contributed by atoms with Crippen molar-refractivity contribution in [2.24, 2.45) is 0 Å². The summed E-state index contributed by atoms with van der Waals surface area (Å²) in [6.45, 7) is 0.326. The van der Waals surface area contributed by atoms with Gasteiger partial charge in [-0.15, -0.1) is 0 Å². The van der Waals surface area contributed by atoms with Gasteiger partial charge in [-0.25, -0.2) is 4.98 Å². The zero-order chi connectivity index (χ0) is 20.1. The van der Waals surface area contributed by atoms with E-state index in [0.717, 1.165) is 11.8 Å². The normalized spacial score (nSPS) is 10.1. The van der Waals surface area contributed by atoms with Crippen LogP contribution in [0.25, 0.3) is 11.3 Å². The first-order valence-electron chi connectivity index (χ1n) is 8.17. The fourth-order valence-corrected chi connectivity index (χ4v) is 2.64. The van der Waals surface area contributed by atoms with E-state index in [-0.39, 0.29) is 11.6 Å². The number of benzene rings is 2. The summed E-state index contributed by atoms with van der Waals surface area (Å²) in [5.41, 5.74) is 8.61. The molecule has 0 aliphatic heterocycles. The Hall–Kier alpha value is -4.32. The molecule has 0 unspecified atom stereocenters. The van der Waals surface area contributed by atoms with Gasteiger partial charge < -0.3 is 16.5 Å². The number of nitrogens with zero attached hydrogens (tertiary/aromatic N) is 4. The lowest BCUT2D eigenvalue weighted by atomic mass is 10.0. The first-order valence-corrected chi connectivity index (χ1v) is 8.17. The number of nitrogens with one attached hydrogen (secondary N) is 2. The Morgan fingerprint density at radius 2 is 2.00 bits per heavy atom. The van der Waals surface area contributed by atoms with E-state index in [1.54, 1.807) is 36.4 Å². The minimum absolute atomic E-state index is 0.00914. The highest BCUT2D eigenvalue weighted by atomic mass is 16.6. The Labute approximate surface area is 160 Å². The molecule has 0 amide bonds. The molecular weight excluding hydrogens is 358 g/mol. The molecule has 9 nitrogen and oxygen atoms in total. The summed E-state index contributed by atoms with van der Waals surface area (Å²) in [7, 11) is 0. The highest BCUT2D eigenvalue weighted by Gasteiger charge is 2.14. The van der Waals surface area contributed by atoms with Crippen molar-refractivity contribution in [2.45, 2.75) is 6.54 Å². The van der Waals surface area contributed by atoms with Gasteiger partial charge in [0.2, 0.25) is 5.95 Å². The van der Waals surface area contributed by atoms with Gasteiger partial charge in [0.25, 0.3) is 5.69 Å². The van der Waals surface area contributed by atoms with Crippen LogP contribution in [0.15, 0.2) is 48.5 Å². The standard InChI is InChI=1S/C19H15N7O2/c20-9-13-2-1-3-14(8-13)17-16(10-21)18(25-19(22)24-17)23-11-12-4-6-15(7-5-12)26(27)28/h1-8,10,21H,11H2,(H3,22,23,24,25). The SMILES string of the molecule is N#Cc1cccc(-c2nc(N)nc(NCc3ccc([N+](=O)[O-])cc3)c2C=N)c1. The summed E-state index contributed by atoms with van der Waals surface area (Å²) < 4.78 is 0. The monoisotopic (exact) mass is 373 g/mol. The molecule has 1 heterocycles. The molecular formula is C19H15N7O2. The number of nitro groups is 1. The number of non-ortho nitro benzene ring substituents is 1. The second-order valence-electron chi connectivity index (χ2n) is 5.81. The summed E-state index contributed by atoms with van der Waals surface area (Å²) in [5, 5.41) is 30.7. The maximum Gasteiger partial charge on any atom is 0.269 e. The smallest absolute Gasteiger partial charge is 0.269 e. The molecule has 0 aliphatic rings. The van der Waals surface area contributed by atoms with E-state index in [9.17, 15) is 10.1 Å². The zero-order valence-corrected chi connectivity index (χ0v) is 14.6. The predicted molar refractivity (Wildman–Crippen MR) is 105 cm³/mol.